The number of aryl methyl sites for hydroxylation is 1. The van der Waals surface area contributed by atoms with E-state index < -0.39 is 0 Å². The lowest BCUT2D eigenvalue weighted by Gasteiger charge is -2.15. The Morgan fingerprint density at radius 1 is 0.731 bits per heavy atom. The molecule has 0 amide bonds. The van der Waals surface area contributed by atoms with Crippen LogP contribution in [0, 0.1) is 12.8 Å². The van der Waals surface area contributed by atoms with Crippen molar-refractivity contribution in [2.45, 2.75) is 73.6 Å². The molecule has 0 atom stereocenters. The molecule has 0 bridgehead atoms. The first-order valence-corrected chi connectivity index (χ1v) is 10.8. The van der Waals surface area contributed by atoms with Crippen molar-refractivity contribution in [3.63, 3.8) is 0 Å². The summed E-state index contributed by atoms with van der Waals surface area (Å²) in [7, 11) is 4.22. The Hall–Kier alpha value is -0.860. The van der Waals surface area contributed by atoms with E-state index in [1.54, 1.807) is 0 Å². The van der Waals surface area contributed by atoms with Crippen LogP contribution < -0.4 is 0 Å². The summed E-state index contributed by atoms with van der Waals surface area (Å²) in [6, 6.07) is 10.3. The summed E-state index contributed by atoms with van der Waals surface area (Å²) in [5.74, 6) is 1.04. The second kappa shape index (κ2) is 20.5. The molecular weight excluding hydrogens is 316 g/mol. The third kappa shape index (κ3) is 21.2. The Morgan fingerprint density at radius 2 is 1.12 bits per heavy atom. The van der Waals surface area contributed by atoms with E-state index in [-0.39, 0.29) is 0 Å². The summed E-state index contributed by atoms with van der Waals surface area (Å²) in [5, 5.41) is 0. The Labute approximate surface area is 166 Å². The van der Waals surface area contributed by atoms with Crippen LogP contribution in [0.15, 0.2) is 30.3 Å². The first-order chi connectivity index (χ1) is 12.4. The molecule has 0 saturated heterocycles. The van der Waals surface area contributed by atoms with Crippen molar-refractivity contribution in [1.82, 2.24) is 9.80 Å². The molecule has 1 aromatic rings. The smallest absolute Gasteiger partial charge is 0.00504 e. The van der Waals surface area contributed by atoms with Crippen molar-refractivity contribution in [3.05, 3.63) is 35.9 Å². The fraction of sp³-hybridized carbons (Fsp3) is 0.750. The first-order valence-electron chi connectivity index (χ1n) is 10.8. The molecule has 2 heteroatoms. The van der Waals surface area contributed by atoms with Crippen molar-refractivity contribution < 1.29 is 0 Å². The highest BCUT2D eigenvalue weighted by Crippen LogP contribution is 2.22. The normalized spacial score (nSPS) is 13.8. The molecule has 0 radical (unpaired) electrons. The molecule has 0 unspecified atom stereocenters. The Kier molecular flexibility index (Phi) is 21.5. The number of rotatable bonds is 4. The fourth-order valence-corrected chi connectivity index (χ4v) is 2.29. The van der Waals surface area contributed by atoms with Crippen molar-refractivity contribution in [2.75, 3.05) is 40.3 Å². The van der Waals surface area contributed by atoms with Crippen molar-refractivity contribution in [1.29, 1.82) is 0 Å². The summed E-state index contributed by atoms with van der Waals surface area (Å²) >= 11 is 0. The van der Waals surface area contributed by atoms with E-state index in [2.05, 4.69) is 77.6 Å². The predicted octanol–water partition coefficient (Wildman–Crippen LogP) is 6.50. The molecule has 2 rings (SSSR count). The molecule has 0 aliphatic heterocycles. The summed E-state index contributed by atoms with van der Waals surface area (Å²) in [5.41, 5.74) is 1.32. The average Bonchev–Trinajstić information content (AvgIpc) is 2.69. The summed E-state index contributed by atoms with van der Waals surface area (Å²) in [6.45, 7) is 17.7. The minimum Gasteiger partial charge on any atom is -0.307 e. The van der Waals surface area contributed by atoms with Gasteiger partial charge in [0, 0.05) is 0 Å². The van der Waals surface area contributed by atoms with Gasteiger partial charge in [-0.05, 0) is 53.1 Å². The standard InChI is InChI=1S/C7H14.C7H8.2C5H13N/c2*1-7-5-3-2-4-6-7;2*1-4-6(3)5-2/h7H,2-6H2,1H3;2-6H,1H3;2*4-5H2,1-3H3. The van der Waals surface area contributed by atoms with Gasteiger partial charge in [0.1, 0.15) is 0 Å². The summed E-state index contributed by atoms with van der Waals surface area (Å²) < 4.78 is 0. The lowest BCUT2D eigenvalue weighted by atomic mass is 9.91. The minimum absolute atomic E-state index is 1.04. The van der Waals surface area contributed by atoms with Crippen molar-refractivity contribution in [2.24, 2.45) is 5.92 Å². The van der Waals surface area contributed by atoms with E-state index in [0.29, 0.717) is 0 Å². The summed E-state index contributed by atoms with van der Waals surface area (Å²) in [6.07, 6.45) is 7.44. The van der Waals surface area contributed by atoms with Gasteiger partial charge in [-0.1, -0.05) is 103 Å². The van der Waals surface area contributed by atoms with E-state index in [0.717, 1.165) is 32.1 Å². The van der Waals surface area contributed by atoms with Gasteiger partial charge in [0.25, 0.3) is 0 Å². The lowest BCUT2D eigenvalue weighted by molar-refractivity contribution is 0.373. The average molecular weight is 365 g/mol. The molecule has 1 saturated carbocycles. The Morgan fingerprint density at radius 3 is 1.27 bits per heavy atom. The van der Waals surface area contributed by atoms with E-state index in [1.807, 2.05) is 18.2 Å². The van der Waals surface area contributed by atoms with Gasteiger partial charge in [-0.2, -0.15) is 0 Å². The van der Waals surface area contributed by atoms with E-state index in [1.165, 1.54) is 37.7 Å². The highest BCUT2D eigenvalue weighted by molar-refractivity contribution is 5.11. The predicted molar refractivity (Wildman–Crippen MR) is 121 cm³/mol. The van der Waals surface area contributed by atoms with Crippen LogP contribution in [-0.2, 0) is 0 Å². The minimum atomic E-state index is 1.04. The molecule has 1 aliphatic rings. The maximum Gasteiger partial charge on any atom is -0.00504 e. The number of nitrogens with zero attached hydrogens (tertiary/aromatic N) is 2. The molecule has 1 fully saturated rings. The fourth-order valence-electron chi connectivity index (χ4n) is 2.29. The highest BCUT2D eigenvalue weighted by Gasteiger charge is 2.05. The van der Waals surface area contributed by atoms with Crippen LogP contribution in [0.5, 0.6) is 0 Å². The number of benzene rings is 1. The highest BCUT2D eigenvalue weighted by atomic mass is 15.1. The molecule has 1 aromatic carbocycles. The zero-order chi connectivity index (χ0) is 20.2. The topological polar surface area (TPSA) is 6.48 Å². The van der Waals surface area contributed by atoms with Crippen molar-refractivity contribution >= 4 is 0 Å². The van der Waals surface area contributed by atoms with Crippen LogP contribution >= 0.6 is 0 Å². The van der Waals surface area contributed by atoms with E-state index in [9.17, 15) is 0 Å². The molecule has 2 nitrogen and oxygen atoms in total. The van der Waals surface area contributed by atoms with Crippen molar-refractivity contribution in [3.8, 4) is 0 Å². The van der Waals surface area contributed by atoms with Crippen LogP contribution in [-0.4, -0.2) is 50.1 Å². The molecule has 1 aliphatic carbocycles. The molecule has 0 aromatic heterocycles. The van der Waals surface area contributed by atoms with Gasteiger partial charge in [0.15, 0.2) is 0 Å². The van der Waals surface area contributed by atoms with Crippen LogP contribution in [0.4, 0.5) is 0 Å². The van der Waals surface area contributed by atoms with E-state index >= 15 is 0 Å². The lowest BCUT2D eigenvalue weighted by Crippen LogP contribution is -2.15. The first kappa shape index (κ1) is 27.4. The van der Waals surface area contributed by atoms with Gasteiger partial charge >= 0.3 is 0 Å². The van der Waals surface area contributed by atoms with Gasteiger partial charge in [-0.3, -0.25) is 0 Å². The van der Waals surface area contributed by atoms with Gasteiger partial charge in [-0.25, -0.2) is 0 Å². The quantitative estimate of drug-likeness (QED) is 0.602. The van der Waals surface area contributed by atoms with Gasteiger partial charge in [0.05, 0.1) is 0 Å². The van der Waals surface area contributed by atoms with Crippen LogP contribution in [0.2, 0.25) is 0 Å². The third-order valence-corrected chi connectivity index (χ3v) is 4.99. The Balaban J connectivity index is 0. The van der Waals surface area contributed by atoms with Gasteiger partial charge in [-0.15, -0.1) is 0 Å². The number of hydrogen-bond acceptors (Lipinski definition) is 2. The van der Waals surface area contributed by atoms with Crippen LogP contribution in [0.25, 0.3) is 0 Å². The zero-order valence-corrected chi connectivity index (χ0v) is 19.2. The third-order valence-electron chi connectivity index (χ3n) is 4.99. The van der Waals surface area contributed by atoms with Gasteiger partial charge < -0.3 is 9.80 Å². The number of hydrogen-bond donors (Lipinski definition) is 0. The van der Waals surface area contributed by atoms with Crippen LogP contribution in [0.3, 0.4) is 0 Å². The van der Waals surface area contributed by atoms with E-state index in [4.69, 9.17) is 0 Å². The summed E-state index contributed by atoms with van der Waals surface area (Å²) in [4.78, 5) is 4.50. The second-order valence-electron chi connectivity index (χ2n) is 7.37. The van der Waals surface area contributed by atoms with Gasteiger partial charge in [0.2, 0.25) is 0 Å². The monoisotopic (exact) mass is 364 g/mol. The molecule has 26 heavy (non-hydrogen) atoms. The maximum absolute atomic E-state index is 2.36. The molecule has 0 heterocycles. The molecule has 0 N–H and O–H groups in total. The second-order valence-corrected chi connectivity index (χ2v) is 7.37. The van der Waals surface area contributed by atoms with Crippen LogP contribution in [0.1, 0.15) is 72.3 Å². The molecule has 154 valence electrons. The molecule has 0 spiro atoms. The molecular formula is C24H48N2. The maximum atomic E-state index is 2.36. The largest absolute Gasteiger partial charge is 0.307 e. The Bertz CT molecular complexity index is 340. The zero-order valence-electron chi connectivity index (χ0n) is 19.2. The SMILES string of the molecule is CC1CCCCC1.CCN(C)CC.CCN(C)CC.Cc1ccccc1.